The number of fused-ring (bicyclic) bond motifs is 1. The highest BCUT2D eigenvalue weighted by molar-refractivity contribution is 7.16. The van der Waals surface area contributed by atoms with E-state index in [0.717, 1.165) is 17.5 Å². The molecule has 1 heterocycles. The Morgan fingerprint density at radius 3 is 3.21 bits per heavy atom. The van der Waals surface area contributed by atoms with Crippen molar-refractivity contribution >= 4 is 21.6 Å². The number of nitrogens with two attached hydrogens (primary N) is 1. The molecule has 0 saturated heterocycles. The molecule has 14 heavy (non-hydrogen) atoms. The Hall–Kier alpha value is -1.37. The number of aromatic nitrogens is 1. The molecule has 2 nitrogen and oxygen atoms in total. The number of nitrogens with zero attached hydrogens (tertiary/aromatic N) is 1. The molecule has 0 atom stereocenters. The summed E-state index contributed by atoms with van der Waals surface area (Å²) >= 11 is 1.64. The van der Waals surface area contributed by atoms with E-state index in [1.54, 1.807) is 11.3 Å². The zero-order valence-electron chi connectivity index (χ0n) is 7.66. The van der Waals surface area contributed by atoms with Crippen LogP contribution < -0.4 is 5.73 Å². The normalized spacial score (nSPS) is 9.79. The van der Waals surface area contributed by atoms with Crippen molar-refractivity contribution in [2.24, 2.45) is 5.73 Å². The summed E-state index contributed by atoms with van der Waals surface area (Å²) in [7, 11) is 0. The highest BCUT2D eigenvalue weighted by Gasteiger charge is 1.95. The molecule has 2 aromatic rings. The van der Waals surface area contributed by atoms with Crippen molar-refractivity contribution in [1.29, 1.82) is 0 Å². The molecule has 1 aromatic carbocycles. The molecule has 2 rings (SSSR count). The third kappa shape index (κ3) is 1.92. The molecule has 0 saturated carbocycles. The van der Waals surface area contributed by atoms with Crippen molar-refractivity contribution in [3.63, 3.8) is 0 Å². The average molecular weight is 202 g/mol. The Bertz CT molecular complexity index is 490. The molecular weight excluding hydrogens is 192 g/mol. The van der Waals surface area contributed by atoms with Crippen molar-refractivity contribution in [1.82, 2.24) is 4.98 Å². The number of rotatable bonds is 1. The Balaban J connectivity index is 2.31. The maximum Gasteiger partial charge on any atom is 0.0812 e. The second kappa shape index (κ2) is 4.23. The van der Waals surface area contributed by atoms with Gasteiger partial charge in [0.25, 0.3) is 0 Å². The lowest BCUT2D eigenvalue weighted by Gasteiger charge is -1.89. The minimum absolute atomic E-state index is 0.621. The third-order valence-corrected chi connectivity index (χ3v) is 2.63. The molecule has 0 bridgehead atoms. The molecule has 0 aliphatic rings. The molecule has 0 aliphatic heterocycles. The van der Waals surface area contributed by atoms with Crippen LogP contribution >= 0.6 is 11.3 Å². The van der Waals surface area contributed by atoms with E-state index in [1.165, 1.54) is 4.70 Å². The van der Waals surface area contributed by atoms with Gasteiger partial charge in [-0.25, -0.2) is 4.98 Å². The van der Waals surface area contributed by atoms with Crippen molar-refractivity contribution in [3.8, 4) is 11.8 Å². The van der Waals surface area contributed by atoms with Crippen LogP contribution in [0.4, 0.5) is 0 Å². The van der Waals surface area contributed by atoms with Crippen LogP contribution in [0.5, 0.6) is 0 Å². The minimum Gasteiger partial charge on any atom is -0.330 e. The van der Waals surface area contributed by atoms with Gasteiger partial charge in [-0.3, -0.25) is 0 Å². The molecule has 0 fully saturated rings. The number of thiazole rings is 1. The highest BCUT2D eigenvalue weighted by atomic mass is 32.1. The standard InChI is InChI=1S/C11H10N2S/c12-6-2-1-3-9-4-5-10-11(7-9)14-8-13-10/h4-5,7-8H,2,6,12H2. The highest BCUT2D eigenvalue weighted by Crippen LogP contribution is 2.18. The Morgan fingerprint density at radius 2 is 2.36 bits per heavy atom. The summed E-state index contributed by atoms with van der Waals surface area (Å²) in [6, 6.07) is 6.06. The summed E-state index contributed by atoms with van der Waals surface area (Å²) in [5.41, 5.74) is 9.28. The van der Waals surface area contributed by atoms with Crippen molar-refractivity contribution in [3.05, 3.63) is 29.3 Å². The predicted molar refractivity (Wildman–Crippen MR) is 60.2 cm³/mol. The topological polar surface area (TPSA) is 38.9 Å². The first-order chi connectivity index (χ1) is 6.90. The SMILES string of the molecule is NCCC#Cc1ccc2ncsc2c1. The van der Waals surface area contributed by atoms with E-state index >= 15 is 0 Å². The quantitative estimate of drug-likeness (QED) is 0.718. The molecule has 70 valence electrons. The van der Waals surface area contributed by atoms with Gasteiger partial charge in [0.15, 0.2) is 0 Å². The van der Waals surface area contributed by atoms with Crippen molar-refractivity contribution in [2.75, 3.05) is 6.54 Å². The van der Waals surface area contributed by atoms with Gasteiger partial charge < -0.3 is 5.73 Å². The van der Waals surface area contributed by atoms with E-state index in [9.17, 15) is 0 Å². The van der Waals surface area contributed by atoms with Crippen LogP contribution in [0.15, 0.2) is 23.7 Å². The summed E-state index contributed by atoms with van der Waals surface area (Å²) < 4.78 is 1.18. The van der Waals surface area contributed by atoms with Crippen molar-refractivity contribution in [2.45, 2.75) is 6.42 Å². The number of benzene rings is 1. The predicted octanol–water partition coefficient (Wildman–Crippen LogP) is 2.00. The summed E-state index contributed by atoms with van der Waals surface area (Å²) in [5, 5.41) is 0. The van der Waals surface area contributed by atoms with Crippen molar-refractivity contribution < 1.29 is 0 Å². The molecule has 2 N–H and O–H groups in total. The first-order valence-electron chi connectivity index (χ1n) is 4.42. The average Bonchev–Trinajstić information content (AvgIpc) is 2.65. The Kier molecular flexibility index (Phi) is 2.78. The van der Waals surface area contributed by atoms with E-state index in [1.807, 2.05) is 17.6 Å². The fourth-order valence-corrected chi connectivity index (χ4v) is 1.89. The van der Waals surface area contributed by atoms with Crippen LogP contribution in [0.1, 0.15) is 12.0 Å². The zero-order chi connectivity index (χ0) is 9.80. The maximum atomic E-state index is 5.36. The molecule has 0 spiro atoms. The zero-order valence-corrected chi connectivity index (χ0v) is 8.47. The smallest absolute Gasteiger partial charge is 0.0812 e. The van der Waals surface area contributed by atoms with Gasteiger partial charge in [0.2, 0.25) is 0 Å². The fraction of sp³-hybridized carbons (Fsp3) is 0.182. The van der Waals surface area contributed by atoms with E-state index in [0.29, 0.717) is 6.54 Å². The van der Waals surface area contributed by atoms with Gasteiger partial charge in [-0.1, -0.05) is 11.8 Å². The Morgan fingerprint density at radius 1 is 1.43 bits per heavy atom. The van der Waals surface area contributed by atoms with Gasteiger partial charge in [-0.05, 0) is 18.2 Å². The summed E-state index contributed by atoms with van der Waals surface area (Å²) in [6.07, 6.45) is 0.751. The van der Waals surface area contributed by atoms with Crippen LogP contribution in [0.3, 0.4) is 0 Å². The molecule has 0 radical (unpaired) electrons. The first kappa shape index (κ1) is 9.20. The lowest BCUT2D eigenvalue weighted by atomic mass is 10.2. The largest absolute Gasteiger partial charge is 0.330 e. The Labute approximate surface area is 86.8 Å². The van der Waals surface area contributed by atoms with Gasteiger partial charge >= 0.3 is 0 Å². The monoisotopic (exact) mass is 202 g/mol. The summed E-state index contributed by atoms with van der Waals surface area (Å²) in [4.78, 5) is 4.21. The maximum absolute atomic E-state index is 5.36. The molecule has 3 heteroatoms. The molecule has 0 aliphatic carbocycles. The van der Waals surface area contributed by atoms with Crippen LogP contribution in [0.2, 0.25) is 0 Å². The van der Waals surface area contributed by atoms with E-state index in [2.05, 4.69) is 22.9 Å². The van der Waals surface area contributed by atoms with E-state index in [4.69, 9.17) is 5.73 Å². The van der Waals surface area contributed by atoms with Crippen LogP contribution in [-0.2, 0) is 0 Å². The van der Waals surface area contributed by atoms with Crippen LogP contribution in [0, 0.1) is 11.8 Å². The summed E-state index contributed by atoms with van der Waals surface area (Å²) in [6.45, 7) is 0.621. The van der Waals surface area contributed by atoms with E-state index in [-0.39, 0.29) is 0 Å². The minimum atomic E-state index is 0.621. The fourth-order valence-electron chi connectivity index (χ4n) is 1.17. The van der Waals surface area contributed by atoms with Crippen LogP contribution in [0.25, 0.3) is 10.2 Å². The lowest BCUT2D eigenvalue weighted by Crippen LogP contribution is -1.95. The third-order valence-electron chi connectivity index (χ3n) is 1.83. The summed E-state index contributed by atoms with van der Waals surface area (Å²) in [5.74, 6) is 6.09. The lowest BCUT2D eigenvalue weighted by molar-refractivity contribution is 1.03. The van der Waals surface area contributed by atoms with Gasteiger partial charge in [-0.15, -0.1) is 11.3 Å². The van der Waals surface area contributed by atoms with Crippen LogP contribution in [-0.4, -0.2) is 11.5 Å². The number of hydrogen-bond donors (Lipinski definition) is 1. The molecule has 0 unspecified atom stereocenters. The van der Waals surface area contributed by atoms with Gasteiger partial charge in [0, 0.05) is 18.5 Å². The molecular formula is C11H10N2S. The first-order valence-corrected chi connectivity index (χ1v) is 5.30. The van der Waals surface area contributed by atoms with Gasteiger partial charge in [-0.2, -0.15) is 0 Å². The van der Waals surface area contributed by atoms with Gasteiger partial charge in [0.1, 0.15) is 0 Å². The second-order valence-corrected chi connectivity index (χ2v) is 3.76. The molecule has 1 aromatic heterocycles. The van der Waals surface area contributed by atoms with Gasteiger partial charge in [0.05, 0.1) is 15.7 Å². The van der Waals surface area contributed by atoms with E-state index < -0.39 is 0 Å². The second-order valence-electron chi connectivity index (χ2n) is 2.88. The number of hydrogen-bond acceptors (Lipinski definition) is 3. The molecule has 0 amide bonds.